The molecule has 0 unspecified atom stereocenters. The molecule has 0 amide bonds. The second-order valence-corrected chi connectivity index (χ2v) is 4.20. The molecule has 2 nitrogen and oxygen atoms in total. The number of nitrogens with one attached hydrogen (secondary N) is 1. The maximum atomic E-state index is 13.2. The normalized spacial score (nSPS) is 12.1. The molecule has 90 valence electrons. The molecule has 17 heavy (non-hydrogen) atoms. The van der Waals surface area contributed by atoms with Crippen LogP contribution in [0.3, 0.4) is 0 Å². The van der Waals surface area contributed by atoms with Crippen LogP contribution in [-0.4, -0.2) is 16.9 Å². The summed E-state index contributed by atoms with van der Waals surface area (Å²) in [6.45, 7) is 0. The molecule has 0 bridgehead atoms. The molecule has 2 aromatic rings. The second-order valence-electron chi connectivity index (χ2n) is 3.34. The molecule has 0 fully saturated rings. The van der Waals surface area contributed by atoms with Gasteiger partial charge in [0, 0.05) is 17.1 Å². The van der Waals surface area contributed by atoms with Gasteiger partial charge in [-0.2, -0.15) is 13.2 Å². The van der Waals surface area contributed by atoms with Crippen molar-refractivity contribution in [2.24, 2.45) is 0 Å². The van der Waals surface area contributed by atoms with E-state index in [4.69, 9.17) is 0 Å². The molecule has 1 heterocycles. The number of carbonyl (C=O) groups is 1. The first kappa shape index (κ1) is 12.1. The van der Waals surface area contributed by atoms with E-state index in [-0.39, 0.29) is 15.4 Å². The van der Waals surface area contributed by atoms with Crippen molar-refractivity contribution in [1.82, 2.24) is 4.98 Å². The zero-order chi connectivity index (χ0) is 12.8. The molecule has 0 spiro atoms. The van der Waals surface area contributed by atoms with Crippen LogP contribution in [-0.2, 0) is 0 Å². The van der Waals surface area contributed by atoms with E-state index in [1.165, 1.54) is 6.07 Å². The van der Waals surface area contributed by atoms with Gasteiger partial charge in [0.2, 0.25) is 0 Å². The van der Waals surface area contributed by atoms with Gasteiger partial charge in [-0.25, -0.2) is 4.39 Å². The van der Waals surface area contributed by atoms with Crippen molar-refractivity contribution in [3.8, 4) is 0 Å². The number of aromatic nitrogens is 1. The van der Waals surface area contributed by atoms with Gasteiger partial charge >= 0.3 is 6.18 Å². The molecular weight excluding hydrogens is 306 g/mol. The van der Waals surface area contributed by atoms with Crippen LogP contribution in [0, 0.1) is 5.82 Å². The highest BCUT2D eigenvalue weighted by Crippen LogP contribution is 2.29. The van der Waals surface area contributed by atoms with Crippen molar-refractivity contribution in [3.63, 3.8) is 0 Å². The largest absolute Gasteiger partial charge is 0.454 e. The predicted octanol–water partition coefficient (Wildman–Crippen LogP) is 3.81. The summed E-state index contributed by atoms with van der Waals surface area (Å²) in [6, 6.07) is 2.16. The summed E-state index contributed by atoms with van der Waals surface area (Å²) in [5.41, 5.74) is -0.329. The third-order valence-corrected chi connectivity index (χ3v) is 2.83. The molecule has 7 heteroatoms. The van der Waals surface area contributed by atoms with Gasteiger partial charge in [0.15, 0.2) is 0 Å². The van der Waals surface area contributed by atoms with Gasteiger partial charge in [-0.05, 0) is 28.1 Å². The molecule has 1 aromatic carbocycles. The zero-order valence-corrected chi connectivity index (χ0v) is 9.62. The molecule has 0 saturated heterocycles. The van der Waals surface area contributed by atoms with E-state index in [0.29, 0.717) is 0 Å². The van der Waals surface area contributed by atoms with E-state index in [0.717, 1.165) is 12.3 Å². The summed E-state index contributed by atoms with van der Waals surface area (Å²) in [5.74, 6) is -2.72. The Bertz CT molecular complexity index is 602. The Labute approximate surface area is 101 Å². The number of carbonyl (C=O) groups excluding carboxylic acids is 1. The van der Waals surface area contributed by atoms with E-state index in [1.54, 1.807) is 0 Å². The van der Waals surface area contributed by atoms with E-state index < -0.39 is 23.3 Å². The highest BCUT2D eigenvalue weighted by Gasteiger charge is 2.40. The lowest BCUT2D eigenvalue weighted by Crippen LogP contribution is -2.22. The Morgan fingerprint density at radius 3 is 2.53 bits per heavy atom. The van der Waals surface area contributed by atoms with Gasteiger partial charge in [0.05, 0.1) is 10.0 Å². The van der Waals surface area contributed by atoms with Gasteiger partial charge < -0.3 is 4.98 Å². The third-order valence-electron chi connectivity index (χ3n) is 2.22. The number of alkyl halides is 3. The number of hydrogen-bond acceptors (Lipinski definition) is 1. The molecule has 2 rings (SSSR count). The number of fused-ring (bicyclic) bond motifs is 1. The molecule has 1 N–H and O–H groups in total. The molecule has 0 aliphatic rings. The van der Waals surface area contributed by atoms with Crippen molar-refractivity contribution >= 4 is 32.6 Å². The number of aromatic amines is 1. The number of H-pyrrole nitrogens is 1. The minimum absolute atomic E-state index is 0.0898. The van der Waals surface area contributed by atoms with Crippen LogP contribution in [0.1, 0.15) is 10.4 Å². The van der Waals surface area contributed by atoms with Crippen LogP contribution >= 0.6 is 15.9 Å². The van der Waals surface area contributed by atoms with E-state index in [1.807, 2.05) is 0 Å². The zero-order valence-electron chi connectivity index (χ0n) is 8.03. The summed E-state index contributed by atoms with van der Waals surface area (Å²) in [7, 11) is 0. The van der Waals surface area contributed by atoms with Crippen LogP contribution in [0.2, 0.25) is 0 Å². The van der Waals surface area contributed by atoms with Gasteiger partial charge in [-0.3, -0.25) is 4.79 Å². The quantitative estimate of drug-likeness (QED) is 0.630. The molecule has 0 atom stereocenters. The van der Waals surface area contributed by atoms with E-state index in [2.05, 4.69) is 20.9 Å². The third kappa shape index (κ3) is 2.06. The fraction of sp³-hybridized carbons (Fsp3) is 0.100. The molecule has 0 aliphatic heterocycles. The minimum Gasteiger partial charge on any atom is -0.360 e. The Hall–Kier alpha value is -1.37. The first-order chi connectivity index (χ1) is 7.80. The summed E-state index contributed by atoms with van der Waals surface area (Å²) < 4.78 is 50.1. The Morgan fingerprint density at radius 2 is 1.94 bits per heavy atom. The lowest BCUT2D eigenvalue weighted by molar-refractivity contribution is -0.0884. The molecule has 1 aromatic heterocycles. The molecule has 0 saturated carbocycles. The predicted molar refractivity (Wildman–Crippen MR) is 56.3 cm³/mol. The van der Waals surface area contributed by atoms with E-state index in [9.17, 15) is 22.4 Å². The van der Waals surface area contributed by atoms with Gasteiger partial charge in [0.1, 0.15) is 5.82 Å². The first-order valence-corrected chi connectivity index (χ1v) is 5.17. The van der Waals surface area contributed by atoms with Crippen molar-refractivity contribution < 1.29 is 22.4 Å². The Morgan fingerprint density at radius 1 is 1.29 bits per heavy atom. The van der Waals surface area contributed by atoms with Crippen LogP contribution in [0.4, 0.5) is 17.6 Å². The summed E-state index contributed by atoms with van der Waals surface area (Å²) in [4.78, 5) is 13.6. The molecular formula is C10H4BrF4NO. The minimum atomic E-state index is -4.97. The average molecular weight is 310 g/mol. The summed E-state index contributed by atoms with van der Waals surface area (Å²) >= 11 is 2.90. The molecule has 0 radical (unpaired) electrons. The Kier molecular flexibility index (Phi) is 2.73. The van der Waals surface area contributed by atoms with Crippen molar-refractivity contribution in [3.05, 3.63) is 34.2 Å². The molecule has 0 aliphatic carbocycles. The van der Waals surface area contributed by atoms with E-state index >= 15 is 0 Å². The van der Waals surface area contributed by atoms with Crippen LogP contribution in [0.15, 0.2) is 22.8 Å². The van der Waals surface area contributed by atoms with Crippen molar-refractivity contribution in [1.29, 1.82) is 0 Å². The standard InChI is InChI=1S/C10H4BrF4NO/c11-6-2-8-4(1-7(6)12)5(3-16-8)9(17)10(13,14)15/h1-3,16H. The second kappa shape index (κ2) is 3.83. The summed E-state index contributed by atoms with van der Waals surface area (Å²) in [5, 5.41) is -0.0898. The maximum Gasteiger partial charge on any atom is 0.454 e. The monoisotopic (exact) mass is 309 g/mol. The number of rotatable bonds is 1. The van der Waals surface area contributed by atoms with Crippen LogP contribution in [0.25, 0.3) is 10.9 Å². The van der Waals surface area contributed by atoms with Gasteiger partial charge in [-0.15, -0.1) is 0 Å². The average Bonchev–Trinajstić information content (AvgIpc) is 2.59. The summed E-state index contributed by atoms with van der Waals surface area (Å²) in [6.07, 6.45) is -4.05. The van der Waals surface area contributed by atoms with Crippen molar-refractivity contribution in [2.75, 3.05) is 0 Å². The maximum absolute atomic E-state index is 13.2. The first-order valence-electron chi connectivity index (χ1n) is 4.38. The highest BCUT2D eigenvalue weighted by molar-refractivity contribution is 9.10. The van der Waals surface area contributed by atoms with Crippen molar-refractivity contribution in [2.45, 2.75) is 6.18 Å². The Balaban J connectivity index is 2.65. The highest BCUT2D eigenvalue weighted by atomic mass is 79.9. The van der Waals surface area contributed by atoms with Gasteiger partial charge in [-0.1, -0.05) is 0 Å². The topological polar surface area (TPSA) is 32.9 Å². The fourth-order valence-corrected chi connectivity index (χ4v) is 1.80. The number of halogens is 5. The SMILES string of the molecule is O=C(c1c[nH]c2cc(Br)c(F)cc12)C(F)(F)F. The lowest BCUT2D eigenvalue weighted by atomic mass is 10.1. The van der Waals surface area contributed by atoms with Crippen LogP contribution in [0.5, 0.6) is 0 Å². The number of hydrogen-bond donors (Lipinski definition) is 1. The lowest BCUT2D eigenvalue weighted by Gasteiger charge is -2.03. The number of ketones is 1. The number of Topliss-reactive ketones (excluding diaryl/α,β-unsaturated/α-hetero) is 1. The smallest absolute Gasteiger partial charge is 0.360 e. The number of benzene rings is 1. The fourth-order valence-electron chi connectivity index (χ4n) is 1.46. The van der Waals surface area contributed by atoms with Crippen LogP contribution < -0.4 is 0 Å². The van der Waals surface area contributed by atoms with Gasteiger partial charge in [0.25, 0.3) is 5.78 Å².